The number of benzene rings is 4. The van der Waals surface area contributed by atoms with Crippen LogP contribution in [0.25, 0.3) is 77.6 Å². The smallest absolute Gasteiger partial charge is 0.235 e. The summed E-state index contributed by atoms with van der Waals surface area (Å²) in [6.45, 7) is 0. The third-order valence-corrected chi connectivity index (χ3v) is 8.08. The molecule has 0 amide bonds. The maximum atomic E-state index is 5.22. The Morgan fingerprint density at radius 2 is 0.975 bits per heavy atom. The molecular formula is C36H22N4. The van der Waals surface area contributed by atoms with Crippen LogP contribution in [0.1, 0.15) is 0 Å². The Bertz CT molecular complexity index is 2300. The predicted molar refractivity (Wildman–Crippen MR) is 164 cm³/mol. The summed E-state index contributed by atoms with van der Waals surface area (Å²) < 4.78 is 4.68. The average Bonchev–Trinajstić information content (AvgIpc) is 3.66. The SMILES string of the molecule is c1ccc(-c2cc(-c3ccccc3)nc(-n3c4ccccc4c4c3c3cccc5c6ccccc6c4n53)n2)cc1. The van der Waals surface area contributed by atoms with Gasteiger partial charge < -0.3 is 4.40 Å². The fraction of sp³-hybridized carbons (Fsp3) is 0. The zero-order chi connectivity index (χ0) is 26.2. The number of fused-ring (bicyclic) bond motifs is 8. The van der Waals surface area contributed by atoms with Crippen molar-refractivity contribution in [1.29, 1.82) is 0 Å². The van der Waals surface area contributed by atoms with E-state index >= 15 is 0 Å². The second-order valence-electron chi connectivity index (χ2n) is 10.3. The van der Waals surface area contributed by atoms with E-state index in [1.807, 2.05) is 12.1 Å². The topological polar surface area (TPSA) is 35.1 Å². The van der Waals surface area contributed by atoms with E-state index in [1.165, 1.54) is 32.6 Å². The molecule has 4 nitrogen and oxygen atoms in total. The maximum Gasteiger partial charge on any atom is 0.235 e. The largest absolute Gasteiger partial charge is 0.306 e. The van der Waals surface area contributed by atoms with Crippen molar-refractivity contribution in [3.05, 3.63) is 133 Å². The molecule has 0 saturated carbocycles. The number of para-hydroxylation sites is 1. The molecule has 4 heteroatoms. The first-order valence-corrected chi connectivity index (χ1v) is 13.5. The van der Waals surface area contributed by atoms with Crippen molar-refractivity contribution in [2.24, 2.45) is 0 Å². The molecule has 5 heterocycles. The minimum Gasteiger partial charge on any atom is -0.306 e. The molecule has 9 rings (SSSR count). The highest BCUT2D eigenvalue weighted by atomic mass is 15.2. The zero-order valence-corrected chi connectivity index (χ0v) is 21.5. The molecule has 0 aliphatic heterocycles. The van der Waals surface area contributed by atoms with Gasteiger partial charge in [0, 0.05) is 32.7 Å². The Morgan fingerprint density at radius 3 is 1.68 bits per heavy atom. The second kappa shape index (κ2) is 8.01. The number of rotatable bonds is 3. The van der Waals surface area contributed by atoms with Gasteiger partial charge in [-0.15, -0.1) is 0 Å². The van der Waals surface area contributed by atoms with Crippen LogP contribution in [0.5, 0.6) is 0 Å². The lowest BCUT2D eigenvalue weighted by molar-refractivity contribution is 0.997. The molecule has 0 fully saturated rings. The van der Waals surface area contributed by atoms with Crippen molar-refractivity contribution in [3.8, 4) is 28.5 Å². The summed E-state index contributed by atoms with van der Waals surface area (Å²) in [5.41, 5.74) is 9.79. The molecule has 40 heavy (non-hydrogen) atoms. The van der Waals surface area contributed by atoms with Crippen LogP contribution in [0.2, 0.25) is 0 Å². The summed E-state index contributed by atoms with van der Waals surface area (Å²) in [7, 11) is 0. The third-order valence-electron chi connectivity index (χ3n) is 8.08. The van der Waals surface area contributed by atoms with Crippen LogP contribution in [-0.2, 0) is 0 Å². The van der Waals surface area contributed by atoms with Crippen molar-refractivity contribution in [2.75, 3.05) is 0 Å². The van der Waals surface area contributed by atoms with Crippen molar-refractivity contribution < 1.29 is 0 Å². The van der Waals surface area contributed by atoms with E-state index in [4.69, 9.17) is 9.97 Å². The van der Waals surface area contributed by atoms with E-state index in [0.717, 1.165) is 39.1 Å². The lowest BCUT2D eigenvalue weighted by atomic mass is 10.1. The molecule has 0 aliphatic carbocycles. The summed E-state index contributed by atoms with van der Waals surface area (Å²) in [5, 5.41) is 4.98. The van der Waals surface area contributed by atoms with E-state index in [0.29, 0.717) is 5.95 Å². The van der Waals surface area contributed by atoms with Crippen LogP contribution >= 0.6 is 0 Å². The Hall–Kier alpha value is -5.48. The summed E-state index contributed by atoms with van der Waals surface area (Å²) in [6, 6.07) is 46.8. The van der Waals surface area contributed by atoms with Gasteiger partial charge in [-0.1, -0.05) is 109 Å². The van der Waals surface area contributed by atoms with Crippen molar-refractivity contribution in [2.45, 2.75) is 0 Å². The van der Waals surface area contributed by atoms with Gasteiger partial charge in [0.25, 0.3) is 0 Å². The van der Waals surface area contributed by atoms with Gasteiger partial charge in [-0.25, -0.2) is 9.97 Å². The normalized spacial score (nSPS) is 12.0. The summed E-state index contributed by atoms with van der Waals surface area (Å²) >= 11 is 0. The highest BCUT2D eigenvalue weighted by molar-refractivity contribution is 6.30. The van der Waals surface area contributed by atoms with Gasteiger partial charge in [-0.05, 0) is 24.3 Å². The van der Waals surface area contributed by atoms with Crippen LogP contribution in [0.4, 0.5) is 0 Å². The van der Waals surface area contributed by atoms with E-state index in [9.17, 15) is 0 Å². The van der Waals surface area contributed by atoms with Crippen molar-refractivity contribution >= 4 is 49.1 Å². The fourth-order valence-electron chi connectivity index (χ4n) is 6.40. The third kappa shape index (κ3) is 2.85. The lowest BCUT2D eigenvalue weighted by Crippen LogP contribution is -2.04. The van der Waals surface area contributed by atoms with E-state index < -0.39 is 0 Å². The van der Waals surface area contributed by atoms with Crippen molar-refractivity contribution in [3.63, 3.8) is 0 Å². The van der Waals surface area contributed by atoms with Crippen molar-refractivity contribution in [1.82, 2.24) is 18.9 Å². The van der Waals surface area contributed by atoms with Crippen LogP contribution in [0.3, 0.4) is 0 Å². The van der Waals surface area contributed by atoms with Gasteiger partial charge in [0.15, 0.2) is 0 Å². The van der Waals surface area contributed by atoms with E-state index in [-0.39, 0.29) is 0 Å². The molecule has 0 aliphatic rings. The summed E-state index contributed by atoms with van der Waals surface area (Å²) in [5.74, 6) is 0.671. The Balaban J connectivity index is 1.47. The quantitative estimate of drug-likeness (QED) is 0.238. The van der Waals surface area contributed by atoms with Crippen LogP contribution in [-0.4, -0.2) is 18.9 Å². The minimum absolute atomic E-state index is 0.671. The first-order valence-electron chi connectivity index (χ1n) is 13.5. The monoisotopic (exact) mass is 510 g/mol. The Kier molecular flexibility index (Phi) is 4.30. The van der Waals surface area contributed by atoms with Gasteiger partial charge >= 0.3 is 0 Å². The number of nitrogens with zero attached hydrogens (tertiary/aromatic N) is 4. The standard InChI is InChI=1S/C36H22N4/c1-3-12-23(13-4-1)28-22-29(24-14-5-2-6-15-24)38-36(37-28)40-31-19-10-9-18-27(31)33-34-26-17-8-7-16-25(26)30-20-11-21-32(35(33)40)39(30)34/h1-22H. The lowest BCUT2D eigenvalue weighted by Gasteiger charge is -2.12. The van der Waals surface area contributed by atoms with Crippen LogP contribution in [0.15, 0.2) is 133 Å². The maximum absolute atomic E-state index is 5.22. The summed E-state index contributed by atoms with van der Waals surface area (Å²) in [4.78, 5) is 10.4. The Morgan fingerprint density at radius 1 is 0.425 bits per heavy atom. The zero-order valence-electron chi connectivity index (χ0n) is 21.5. The molecule has 9 aromatic rings. The number of hydrogen-bond donors (Lipinski definition) is 0. The van der Waals surface area contributed by atoms with Gasteiger partial charge in [0.2, 0.25) is 5.95 Å². The van der Waals surface area contributed by atoms with Gasteiger partial charge in [-0.3, -0.25) is 4.57 Å². The number of aromatic nitrogens is 4. The highest BCUT2D eigenvalue weighted by Crippen LogP contribution is 2.44. The first kappa shape index (κ1) is 21.5. The Labute approximate surface area is 229 Å². The highest BCUT2D eigenvalue weighted by Gasteiger charge is 2.25. The fourth-order valence-corrected chi connectivity index (χ4v) is 6.40. The molecule has 0 spiro atoms. The molecule has 5 aromatic heterocycles. The average molecular weight is 511 g/mol. The molecule has 0 N–H and O–H groups in total. The number of hydrogen-bond acceptors (Lipinski definition) is 2. The molecule has 0 bridgehead atoms. The van der Waals surface area contributed by atoms with Gasteiger partial charge in [0.05, 0.1) is 39.0 Å². The summed E-state index contributed by atoms with van der Waals surface area (Å²) in [6.07, 6.45) is 0. The molecule has 0 saturated heterocycles. The van der Waals surface area contributed by atoms with E-state index in [2.05, 4.69) is 130 Å². The van der Waals surface area contributed by atoms with Gasteiger partial charge in [-0.2, -0.15) is 0 Å². The number of pyridine rings is 1. The first-order chi connectivity index (χ1) is 19.9. The molecule has 0 unspecified atom stereocenters. The second-order valence-corrected chi connectivity index (χ2v) is 10.3. The van der Waals surface area contributed by atoms with E-state index in [1.54, 1.807) is 0 Å². The molecule has 4 aromatic carbocycles. The molecule has 0 atom stereocenters. The van der Waals surface area contributed by atoms with Crippen LogP contribution < -0.4 is 0 Å². The molecule has 186 valence electrons. The minimum atomic E-state index is 0.671. The van der Waals surface area contributed by atoms with Gasteiger partial charge in [0.1, 0.15) is 0 Å². The predicted octanol–water partition coefficient (Wildman–Crippen LogP) is 8.90. The molecular weight excluding hydrogens is 488 g/mol. The van der Waals surface area contributed by atoms with Crippen LogP contribution in [0, 0.1) is 0 Å². The molecule has 0 radical (unpaired) electrons.